The molecule has 3 aromatic heterocycles. The van der Waals surface area contributed by atoms with Gasteiger partial charge in [-0.05, 0) is 43.5 Å². The van der Waals surface area contributed by atoms with Gasteiger partial charge in [-0.3, -0.25) is 4.68 Å². The number of rotatable bonds is 6. The van der Waals surface area contributed by atoms with Crippen LogP contribution in [0.4, 0.5) is 11.6 Å². The molecule has 0 atom stereocenters. The van der Waals surface area contributed by atoms with E-state index in [0.29, 0.717) is 16.6 Å². The smallest absolute Gasteiger partial charge is 0.160 e. The van der Waals surface area contributed by atoms with Gasteiger partial charge in [-0.2, -0.15) is 14.7 Å². The molecule has 0 amide bonds. The molecule has 1 aromatic carbocycles. The molecule has 0 unspecified atom stereocenters. The molecule has 0 radical (unpaired) electrons. The van der Waals surface area contributed by atoms with E-state index in [1.54, 1.807) is 29.1 Å². The molecule has 33 heavy (non-hydrogen) atoms. The third-order valence-electron chi connectivity index (χ3n) is 5.68. The maximum Gasteiger partial charge on any atom is 0.160 e. The van der Waals surface area contributed by atoms with Crippen LogP contribution in [0.2, 0.25) is 5.02 Å². The van der Waals surface area contributed by atoms with Crippen molar-refractivity contribution >= 4 is 34.6 Å². The predicted molar refractivity (Wildman–Crippen MR) is 132 cm³/mol. The Balaban J connectivity index is 1.46. The van der Waals surface area contributed by atoms with Crippen LogP contribution < -0.4 is 10.2 Å². The van der Waals surface area contributed by atoms with Crippen molar-refractivity contribution in [3.8, 4) is 11.4 Å². The quantitative estimate of drug-likeness (QED) is 0.405. The highest BCUT2D eigenvalue weighted by molar-refractivity contribution is 6.31. The molecule has 1 aliphatic rings. The van der Waals surface area contributed by atoms with Crippen LogP contribution in [0.5, 0.6) is 0 Å². The molecule has 8 nitrogen and oxygen atoms in total. The Bertz CT molecular complexity index is 1330. The number of fused-ring (bicyclic) bond motifs is 1. The minimum absolute atomic E-state index is 0.365. The number of nitrogens with zero attached hydrogens (tertiary/aromatic N) is 6. The van der Waals surface area contributed by atoms with Crippen molar-refractivity contribution in [3.63, 3.8) is 0 Å². The SMILES string of the molecule is Cn1ccc(-c2cc3nc(N/C=C\C(=N)c4cccc(Cl)c4)cc(N4CCCCC4)n3n2)n1. The standard InChI is InChI=1S/C24H25ClN8/c1-31-13-9-20(29-31)21-15-23-28-22(16-24(33(23)30-21)32-11-3-2-4-12-32)27-10-8-19(26)17-6-5-7-18(25)14-17/h5-10,13-16,26H,2-4,11-12H2,1H3,(H,27,28)/b10-8-,26-19?. The van der Waals surface area contributed by atoms with Gasteiger partial charge in [-0.25, -0.2) is 4.98 Å². The van der Waals surface area contributed by atoms with E-state index >= 15 is 0 Å². The van der Waals surface area contributed by atoms with Crippen LogP contribution >= 0.6 is 11.6 Å². The lowest BCUT2D eigenvalue weighted by Gasteiger charge is -2.29. The van der Waals surface area contributed by atoms with E-state index in [1.165, 1.54) is 6.42 Å². The fourth-order valence-corrected chi connectivity index (χ4v) is 4.21. The van der Waals surface area contributed by atoms with Gasteiger partial charge in [0.15, 0.2) is 5.65 Å². The van der Waals surface area contributed by atoms with Gasteiger partial charge in [-0.15, -0.1) is 0 Å². The zero-order chi connectivity index (χ0) is 22.8. The number of allylic oxidation sites excluding steroid dienone is 1. The van der Waals surface area contributed by atoms with Crippen molar-refractivity contribution in [2.45, 2.75) is 19.3 Å². The van der Waals surface area contributed by atoms with Crippen LogP contribution in [0.1, 0.15) is 24.8 Å². The van der Waals surface area contributed by atoms with Crippen molar-refractivity contribution in [2.75, 3.05) is 23.3 Å². The molecule has 1 fully saturated rings. The first-order chi connectivity index (χ1) is 16.1. The van der Waals surface area contributed by atoms with Crippen LogP contribution in [-0.2, 0) is 7.05 Å². The van der Waals surface area contributed by atoms with Crippen molar-refractivity contribution in [3.05, 3.63) is 71.5 Å². The summed E-state index contributed by atoms with van der Waals surface area (Å²) in [4.78, 5) is 7.11. The van der Waals surface area contributed by atoms with Crippen LogP contribution in [-0.4, -0.2) is 43.2 Å². The molecule has 4 heterocycles. The summed E-state index contributed by atoms with van der Waals surface area (Å²) in [5, 5.41) is 21.4. The molecule has 9 heteroatoms. The third-order valence-corrected chi connectivity index (χ3v) is 5.92. The van der Waals surface area contributed by atoms with Gasteiger partial charge in [0.2, 0.25) is 0 Å². The van der Waals surface area contributed by atoms with E-state index < -0.39 is 0 Å². The van der Waals surface area contributed by atoms with Gasteiger partial charge in [0.1, 0.15) is 23.0 Å². The van der Waals surface area contributed by atoms with E-state index in [0.717, 1.165) is 54.3 Å². The minimum atomic E-state index is 0.365. The first-order valence-corrected chi connectivity index (χ1v) is 11.4. The lowest BCUT2D eigenvalue weighted by Crippen LogP contribution is -2.31. The van der Waals surface area contributed by atoms with Gasteiger partial charge >= 0.3 is 0 Å². The molecule has 0 saturated carbocycles. The Morgan fingerprint density at radius 3 is 2.67 bits per heavy atom. The molecule has 5 rings (SSSR count). The third kappa shape index (κ3) is 4.61. The van der Waals surface area contributed by atoms with Gasteiger partial charge in [0, 0.05) is 55.3 Å². The molecule has 2 N–H and O–H groups in total. The topological polar surface area (TPSA) is 87.1 Å². The number of halogens is 1. The second-order valence-corrected chi connectivity index (χ2v) is 8.56. The Morgan fingerprint density at radius 2 is 1.91 bits per heavy atom. The van der Waals surface area contributed by atoms with Gasteiger partial charge < -0.3 is 15.6 Å². The number of aromatic nitrogens is 5. The first kappa shape index (κ1) is 21.2. The van der Waals surface area contributed by atoms with E-state index in [1.807, 2.05) is 48.1 Å². The van der Waals surface area contributed by atoms with Crippen LogP contribution in [0.25, 0.3) is 17.0 Å². The molecule has 4 aromatic rings. The van der Waals surface area contributed by atoms with Crippen molar-refractivity contribution in [2.24, 2.45) is 7.05 Å². The highest BCUT2D eigenvalue weighted by Crippen LogP contribution is 2.26. The minimum Gasteiger partial charge on any atom is -0.356 e. The monoisotopic (exact) mass is 460 g/mol. The maximum atomic E-state index is 8.29. The maximum absolute atomic E-state index is 8.29. The largest absolute Gasteiger partial charge is 0.356 e. The van der Waals surface area contributed by atoms with E-state index in [2.05, 4.69) is 15.3 Å². The second-order valence-electron chi connectivity index (χ2n) is 8.12. The Morgan fingerprint density at radius 1 is 1.06 bits per heavy atom. The number of anilines is 2. The number of benzene rings is 1. The summed E-state index contributed by atoms with van der Waals surface area (Å²) >= 11 is 6.05. The van der Waals surface area contributed by atoms with Crippen LogP contribution in [0.3, 0.4) is 0 Å². The average Bonchev–Trinajstić information content (AvgIpc) is 3.45. The Kier molecular flexibility index (Phi) is 5.83. The molecular weight excluding hydrogens is 436 g/mol. The Labute approximate surface area is 197 Å². The lowest BCUT2D eigenvalue weighted by molar-refractivity contribution is 0.568. The zero-order valence-electron chi connectivity index (χ0n) is 18.4. The van der Waals surface area contributed by atoms with E-state index in [4.69, 9.17) is 27.1 Å². The van der Waals surface area contributed by atoms with E-state index in [-0.39, 0.29) is 0 Å². The molecule has 1 saturated heterocycles. The fraction of sp³-hybridized carbons (Fsp3) is 0.250. The highest BCUT2D eigenvalue weighted by Gasteiger charge is 2.18. The molecule has 1 aliphatic heterocycles. The second kappa shape index (κ2) is 9.07. The number of hydrogen-bond acceptors (Lipinski definition) is 6. The van der Waals surface area contributed by atoms with Gasteiger partial charge in [0.05, 0.1) is 5.71 Å². The van der Waals surface area contributed by atoms with Crippen molar-refractivity contribution in [1.29, 1.82) is 5.41 Å². The van der Waals surface area contributed by atoms with Crippen LogP contribution in [0.15, 0.2) is 60.9 Å². The van der Waals surface area contributed by atoms with Gasteiger partial charge in [0.25, 0.3) is 0 Å². The van der Waals surface area contributed by atoms with Crippen molar-refractivity contribution in [1.82, 2.24) is 24.4 Å². The predicted octanol–water partition coefficient (Wildman–Crippen LogP) is 4.77. The number of nitrogens with one attached hydrogen (secondary N) is 2. The molecule has 0 aliphatic carbocycles. The summed E-state index contributed by atoms with van der Waals surface area (Å²) < 4.78 is 3.67. The summed E-state index contributed by atoms with van der Waals surface area (Å²) in [5.41, 5.74) is 3.48. The summed E-state index contributed by atoms with van der Waals surface area (Å²) in [6.45, 7) is 1.99. The van der Waals surface area contributed by atoms with E-state index in [9.17, 15) is 0 Å². The first-order valence-electron chi connectivity index (χ1n) is 11.0. The Hall–Kier alpha value is -3.65. The lowest BCUT2D eigenvalue weighted by atomic mass is 10.1. The summed E-state index contributed by atoms with van der Waals surface area (Å²) in [5.74, 6) is 1.70. The number of piperidine rings is 1. The average molecular weight is 461 g/mol. The number of aryl methyl sites for hydroxylation is 1. The summed E-state index contributed by atoms with van der Waals surface area (Å²) in [6.07, 6.45) is 8.93. The van der Waals surface area contributed by atoms with Crippen LogP contribution in [0, 0.1) is 5.41 Å². The zero-order valence-corrected chi connectivity index (χ0v) is 19.1. The fourth-order valence-electron chi connectivity index (χ4n) is 4.02. The summed E-state index contributed by atoms with van der Waals surface area (Å²) in [7, 11) is 1.89. The highest BCUT2D eigenvalue weighted by atomic mass is 35.5. The number of hydrogen-bond donors (Lipinski definition) is 2. The molecule has 0 bridgehead atoms. The molecule has 0 spiro atoms. The summed E-state index contributed by atoms with van der Waals surface area (Å²) in [6, 6.07) is 13.2. The van der Waals surface area contributed by atoms with Crippen molar-refractivity contribution < 1.29 is 0 Å². The molecule has 168 valence electrons. The molecular formula is C24H25ClN8. The normalized spacial score (nSPS) is 14.3. The van der Waals surface area contributed by atoms with Gasteiger partial charge in [-0.1, -0.05) is 23.7 Å².